The number of hydrogen-bond acceptors (Lipinski definition) is 3. The summed E-state index contributed by atoms with van der Waals surface area (Å²) in [5.41, 5.74) is 0. The molecule has 0 aromatic carbocycles. The summed E-state index contributed by atoms with van der Waals surface area (Å²) in [6.07, 6.45) is 2.73. The van der Waals surface area contributed by atoms with Gasteiger partial charge >= 0.3 is 0 Å². The predicted octanol–water partition coefficient (Wildman–Crippen LogP) is 3.37. The summed E-state index contributed by atoms with van der Waals surface area (Å²) in [6, 6.07) is 4.31. The zero-order valence-electron chi connectivity index (χ0n) is 14.5. The fraction of sp³-hybridized carbons (Fsp3) is 0.706. The molecular formula is C17H31IN4S. The van der Waals surface area contributed by atoms with Crippen molar-refractivity contribution in [1.82, 2.24) is 15.5 Å². The zero-order chi connectivity index (χ0) is 15.8. The molecule has 1 fully saturated rings. The van der Waals surface area contributed by atoms with Gasteiger partial charge in [0.05, 0.1) is 0 Å². The third-order valence-electron chi connectivity index (χ3n) is 4.21. The predicted molar refractivity (Wildman–Crippen MR) is 112 cm³/mol. The summed E-state index contributed by atoms with van der Waals surface area (Å²) in [5.74, 6) is 2.07. The Bertz CT molecular complexity index is 443. The van der Waals surface area contributed by atoms with Crippen LogP contribution in [0, 0.1) is 5.92 Å². The quantitative estimate of drug-likeness (QED) is 0.380. The van der Waals surface area contributed by atoms with Crippen LogP contribution in [0.25, 0.3) is 0 Å². The number of rotatable bonds is 7. The molecule has 1 aromatic rings. The van der Waals surface area contributed by atoms with Crippen LogP contribution in [-0.4, -0.2) is 50.6 Å². The first-order valence-electron chi connectivity index (χ1n) is 8.39. The minimum absolute atomic E-state index is 0. The number of aliphatic imine (C=N–C) groups is 1. The van der Waals surface area contributed by atoms with E-state index in [4.69, 9.17) is 0 Å². The number of nitrogens with zero attached hydrogens (tertiary/aromatic N) is 2. The third-order valence-corrected chi connectivity index (χ3v) is 5.32. The molecule has 0 radical (unpaired) electrons. The van der Waals surface area contributed by atoms with Gasteiger partial charge in [0.1, 0.15) is 0 Å². The van der Waals surface area contributed by atoms with E-state index in [1.165, 1.54) is 37.4 Å². The van der Waals surface area contributed by atoms with Crippen molar-refractivity contribution in [1.29, 1.82) is 0 Å². The van der Waals surface area contributed by atoms with E-state index in [1.54, 1.807) is 0 Å². The Hall–Kier alpha value is -0.340. The van der Waals surface area contributed by atoms with Gasteiger partial charge in [0.2, 0.25) is 0 Å². The van der Waals surface area contributed by atoms with Gasteiger partial charge in [-0.15, -0.1) is 35.3 Å². The lowest BCUT2D eigenvalue weighted by Crippen LogP contribution is -2.42. The van der Waals surface area contributed by atoms with Gasteiger partial charge in [0, 0.05) is 37.5 Å². The summed E-state index contributed by atoms with van der Waals surface area (Å²) < 4.78 is 0. The van der Waals surface area contributed by atoms with E-state index in [0.717, 1.165) is 19.0 Å². The normalized spacial score (nSPS) is 18.3. The topological polar surface area (TPSA) is 39.7 Å². The van der Waals surface area contributed by atoms with Crippen molar-refractivity contribution in [3.63, 3.8) is 0 Å². The molecule has 2 N–H and O–H groups in total. The Kier molecular flexibility index (Phi) is 10.1. The van der Waals surface area contributed by atoms with Gasteiger partial charge < -0.3 is 15.5 Å². The van der Waals surface area contributed by atoms with Gasteiger partial charge in [-0.25, -0.2) is 0 Å². The molecule has 1 aliphatic heterocycles. The summed E-state index contributed by atoms with van der Waals surface area (Å²) in [5, 5.41) is 9.04. The van der Waals surface area contributed by atoms with Crippen molar-refractivity contribution in [2.45, 2.75) is 32.6 Å². The van der Waals surface area contributed by atoms with Gasteiger partial charge in [-0.3, -0.25) is 4.99 Å². The van der Waals surface area contributed by atoms with Crippen molar-refractivity contribution in [3.8, 4) is 0 Å². The molecule has 2 unspecified atom stereocenters. The van der Waals surface area contributed by atoms with Crippen molar-refractivity contribution in [2.75, 3.05) is 39.8 Å². The second-order valence-corrected chi connectivity index (χ2v) is 7.34. The molecule has 0 bridgehead atoms. The third kappa shape index (κ3) is 7.39. The van der Waals surface area contributed by atoms with Crippen LogP contribution in [-0.2, 0) is 0 Å². The first-order chi connectivity index (χ1) is 10.7. The minimum atomic E-state index is 0. The lowest BCUT2D eigenvalue weighted by molar-refractivity contribution is 0.287. The van der Waals surface area contributed by atoms with E-state index in [9.17, 15) is 0 Å². The zero-order valence-corrected chi connectivity index (χ0v) is 17.7. The van der Waals surface area contributed by atoms with Crippen LogP contribution in [0.1, 0.15) is 37.5 Å². The summed E-state index contributed by atoms with van der Waals surface area (Å²) >= 11 is 1.82. The fourth-order valence-electron chi connectivity index (χ4n) is 2.88. The molecule has 1 aliphatic rings. The first-order valence-corrected chi connectivity index (χ1v) is 9.27. The van der Waals surface area contributed by atoms with Gasteiger partial charge in [0.15, 0.2) is 5.96 Å². The number of halogens is 1. The van der Waals surface area contributed by atoms with Gasteiger partial charge in [0.25, 0.3) is 0 Å². The Morgan fingerprint density at radius 3 is 2.57 bits per heavy atom. The van der Waals surface area contributed by atoms with E-state index in [-0.39, 0.29) is 24.0 Å². The molecule has 0 amide bonds. The molecule has 23 heavy (non-hydrogen) atoms. The largest absolute Gasteiger partial charge is 0.356 e. The molecule has 2 heterocycles. The molecule has 6 heteroatoms. The smallest absolute Gasteiger partial charge is 0.191 e. The van der Waals surface area contributed by atoms with Crippen LogP contribution in [0.3, 0.4) is 0 Å². The van der Waals surface area contributed by atoms with Crippen LogP contribution in [0.15, 0.2) is 22.5 Å². The number of likely N-dealkylation sites (tertiary alicyclic amines) is 1. The van der Waals surface area contributed by atoms with Gasteiger partial charge in [-0.05, 0) is 43.3 Å². The lowest BCUT2D eigenvalue weighted by Gasteiger charge is -2.22. The Morgan fingerprint density at radius 1 is 1.26 bits per heavy atom. The molecular weight excluding hydrogens is 419 g/mol. The molecule has 4 nitrogen and oxygen atoms in total. The molecule has 1 saturated heterocycles. The lowest BCUT2D eigenvalue weighted by atomic mass is 10.1. The average molecular weight is 450 g/mol. The maximum Gasteiger partial charge on any atom is 0.191 e. The second-order valence-electron chi connectivity index (χ2n) is 6.36. The highest BCUT2D eigenvalue weighted by Crippen LogP contribution is 2.19. The Balaban J connectivity index is 0.00000264. The van der Waals surface area contributed by atoms with E-state index >= 15 is 0 Å². The highest BCUT2D eigenvalue weighted by molar-refractivity contribution is 14.0. The number of hydrogen-bond donors (Lipinski definition) is 2. The first kappa shape index (κ1) is 20.7. The number of nitrogens with one attached hydrogen (secondary N) is 2. The number of guanidine groups is 1. The molecule has 1 aromatic heterocycles. The average Bonchev–Trinajstić information content (AvgIpc) is 3.20. The molecule has 0 saturated carbocycles. The van der Waals surface area contributed by atoms with Crippen LogP contribution in [0.2, 0.25) is 0 Å². The van der Waals surface area contributed by atoms with E-state index in [2.05, 4.69) is 51.9 Å². The van der Waals surface area contributed by atoms with Crippen LogP contribution >= 0.6 is 35.3 Å². The number of thiophene rings is 1. The van der Waals surface area contributed by atoms with E-state index in [0.29, 0.717) is 11.8 Å². The monoisotopic (exact) mass is 450 g/mol. The summed E-state index contributed by atoms with van der Waals surface area (Å²) in [4.78, 5) is 8.32. The summed E-state index contributed by atoms with van der Waals surface area (Å²) in [6.45, 7) is 10.2. The SMILES string of the molecule is CN=C(NCC(C)CN1CCCC1)NCC(C)c1cccs1.I. The fourth-order valence-corrected chi connectivity index (χ4v) is 3.67. The molecule has 2 rings (SSSR count). The highest BCUT2D eigenvalue weighted by atomic mass is 127. The van der Waals surface area contributed by atoms with Gasteiger partial charge in [-0.2, -0.15) is 0 Å². The Labute approximate surface area is 162 Å². The maximum absolute atomic E-state index is 4.33. The minimum Gasteiger partial charge on any atom is -0.356 e. The Morgan fingerprint density at radius 2 is 1.96 bits per heavy atom. The van der Waals surface area contributed by atoms with Crippen LogP contribution in [0.5, 0.6) is 0 Å². The summed E-state index contributed by atoms with van der Waals surface area (Å²) in [7, 11) is 1.84. The van der Waals surface area contributed by atoms with Crippen molar-refractivity contribution < 1.29 is 0 Å². The van der Waals surface area contributed by atoms with Crippen molar-refractivity contribution in [3.05, 3.63) is 22.4 Å². The standard InChI is InChI=1S/C17H30N4S.HI/c1-14(13-21-8-4-5-9-21)11-19-17(18-3)20-12-15(2)16-7-6-10-22-16;/h6-7,10,14-15H,4-5,8-9,11-13H2,1-3H3,(H2,18,19,20);1H. The highest BCUT2D eigenvalue weighted by Gasteiger charge is 2.15. The van der Waals surface area contributed by atoms with Crippen LogP contribution < -0.4 is 10.6 Å². The maximum atomic E-state index is 4.33. The van der Waals surface area contributed by atoms with Crippen molar-refractivity contribution >= 4 is 41.3 Å². The molecule has 2 atom stereocenters. The van der Waals surface area contributed by atoms with Crippen LogP contribution in [0.4, 0.5) is 0 Å². The van der Waals surface area contributed by atoms with Crippen molar-refractivity contribution in [2.24, 2.45) is 10.9 Å². The molecule has 132 valence electrons. The van der Waals surface area contributed by atoms with E-state index < -0.39 is 0 Å². The molecule has 0 aliphatic carbocycles. The van der Waals surface area contributed by atoms with Gasteiger partial charge in [-0.1, -0.05) is 19.9 Å². The van der Waals surface area contributed by atoms with E-state index in [1.807, 2.05) is 18.4 Å². The molecule has 0 spiro atoms. The second kappa shape index (κ2) is 11.3.